The maximum absolute atomic E-state index is 2.51. The van der Waals surface area contributed by atoms with Gasteiger partial charge in [0.1, 0.15) is 0 Å². The van der Waals surface area contributed by atoms with E-state index in [0.29, 0.717) is 0 Å². The first kappa shape index (κ1) is 29.5. The summed E-state index contributed by atoms with van der Waals surface area (Å²) in [5.74, 6) is 0. The summed E-state index contributed by atoms with van der Waals surface area (Å²) in [6.07, 6.45) is 0. The zero-order valence-corrected chi connectivity index (χ0v) is 28.7. The molecule has 1 aliphatic carbocycles. The number of nitrogens with zero attached hydrogens (tertiary/aromatic N) is 2. The smallest absolute Gasteiger partial charge is 0.0561 e. The van der Waals surface area contributed by atoms with Crippen LogP contribution in [0.5, 0.6) is 0 Å². The highest BCUT2D eigenvalue weighted by molar-refractivity contribution is 6.10. The Morgan fingerprint density at radius 3 is 1.78 bits per heavy atom. The van der Waals surface area contributed by atoms with E-state index in [9.17, 15) is 0 Å². The van der Waals surface area contributed by atoms with Crippen LogP contribution in [0.15, 0.2) is 182 Å². The highest BCUT2D eigenvalue weighted by Gasteiger charge is 2.39. The molecule has 1 aromatic heterocycles. The van der Waals surface area contributed by atoms with Crippen molar-refractivity contribution in [3.8, 4) is 27.9 Å². The number of hydrogen-bond donors (Lipinski definition) is 0. The molecule has 0 unspecified atom stereocenters. The summed E-state index contributed by atoms with van der Waals surface area (Å²) in [5, 5.41) is 4.93. The maximum atomic E-state index is 2.51. The van der Waals surface area contributed by atoms with Crippen molar-refractivity contribution >= 4 is 49.6 Å². The van der Waals surface area contributed by atoms with Gasteiger partial charge in [-0.2, -0.15) is 0 Å². The van der Waals surface area contributed by atoms with Crippen LogP contribution in [0.2, 0.25) is 0 Å². The van der Waals surface area contributed by atoms with Crippen molar-refractivity contribution in [3.63, 3.8) is 0 Å². The van der Waals surface area contributed by atoms with Gasteiger partial charge in [-0.25, -0.2) is 0 Å². The van der Waals surface area contributed by atoms with Crippen molar-refractivity contribution in [2.45, 2.75) is 19.3 Å². The zero-order chi connectivity index (χ0) is 34.1. The standard InChI is InChI=1S/C49H36N2/c1-49(2)43-23-11-8-19-39(43)42-22-14-26-46(48(42)49)50(36-29-27-34(28-30-36)33-15-4-3-5-16-33)47-32-37(31-35-17-6-7-18-38(35)47)51-44-24-12-9-20-40(44)41-21-10-13-25-45(41)51/h3-32H,1-2H3. The van der Waals surface area contributed by atoms with E-state index in [0.717, 1.165) is 17.1 Å². The molecular weight excluding hydrogens is 617 g/mol. The Labute approximate surface area is 298 Å². The van der Waals surface area contributed by atoms with E-state index in [-0.39, 0.29) is 5.41 Å². The molecule has 0 spiro atoms. The maximum Gasteiger partial charge on any atom is 0.0561 e. The summed E-state index contributed by atoms with van der Waals surface area (Å²) in [4.78, 5) is 2.51. The molecule has 1 aliphatic rings. The SMILES string of the molecule is CC1(C)c2ccccc2-c2cccc(N(c3ccc(-c4ccccc4)cc3)c3cc(-n4c5ccccc5c5ccccc54)cc4ccccc34)c21. The molecule has 51 heavy (non-hydrogen) atoms. The third kappa shape index (κ3) is 4.50. The molecule has 0 aliphatic heterocycles. The molecule has 2 heteroatoms. The van der Waals surface area contributed by atoms with Crippen molar-refractivity contribution in [1.82, 2.24) is 4.57 Å². The minimum atomic E-state index is -0.189. The average Bonchev–Trinajstić information content (AvgIpc) is 3.64. The molecule has 2 nitrogen and oxygen atoms in total. The number of benzene rings is 8. The van der Waals surface area contributed by atoms with Crippen LogP contribution in [0, 0.1) is 0 Å². The van der Waals surface area contributed by atoms with Crippen LogP contribution >= 0.6 is 0 Å². The van der Waals surface area contributed by atoms with Crippen molar-refractivity contribution in [3.05, 3.63) is 193 Å². The van der Waals surface area contributed by atoms with Gasteiger partial charge in [0.15, 0.2) is 0 Å². The molecule has 0 radical (unpaired) electrons. The lowest BCUT2D eigenvalue weighted by Crippen LogP contribution is -2.21. The highest BCUT2D eigenvalue weighted by atomic mass is 15.2. The van der Waals surface area contributed by atoms with Crippen LogP contribution in [-0.2, 0) is 5.41 Å². The summed E-state index contributed by atoms with van der Waals surface area (Å²) in [6.45, 7) is 4.76. The Morgan fingerprint density at radius 2 is 1.04 bits per heavy atom. The van der Waals surface area contributed by atoms with E-state index < -0.39 is 0 Å². The van der Waals surface area contributed by atoms with E-state index in [1.54, 1.807) is 0 Å². The molecule has 8 aromatic carbocycles. The largest absolute Gasteiger partial charge is 0.309 e. The number of rotatable bonds is 5. The van der Waals surface area contributed by atoms with Gasteiger partial charge in [0.05, 0.1) is 22.4 Å². The molecule has 0 amide bonds. The van der Waals surface area contributed by atoms with Crippen LogP contribution in [0.4, 0.5) is 17.1 Å². The Morgan fingerprint density at radius 1 is 0.451 bits per heavy atom. The van der Waals surface area contributed by atoms with Crippen molar-refractivity contribution in [2.75, 3.05) is 4.90 Å². The Bertz CT molecular complexity index is 2720. The molecule has 10 rings (SSSR count). The van der Waals surface area contributed by atoms with Crippen LogP contribution in [-0.4, -0.2) is 4.57 Å². The van der Waals surface area contributed by atoms with Gasteiger partial charge in [-0.15, -0.1) is 0 Å². The van der Waals surface area contributed by atoms with Crippen molar-refractivity contribution in [1.29, 1.82) is 0 Å². The first-order chi connectivity index (χ1) is 25.1. The highest BCUT2D eigenvalue weighted by Crippen LogP contribution is 2.55. The molecule has 0 bridgehead atoms. The quantitative estimate of drug-likeness (QED) is 0.180. The van der Waals surface area contributed by atoms with Crippen LogP contribution in [0.1, 0.15) is 25.0 Å². The van der Waals surface area contributed by atoms with E-state index in [1.807, 2.05) is 0 Å². The first-order valence-electron chi connectivity index (χ1n) is 17.8. The average molecular weight is 653 g/mol. The lowest BCUT2D eigenvalue weighted by atomic mass is 9.81. The molecule has 0 saturated heterocycles. The molecule has 0 N–H and O–H groups in total. The van der Waals surface area contributed by atoms with Gasteiger partial charge in [-0.3, -0.25) is 0 Å². The molecular formula is C49H36N2. The van der Waals surface area contributed by atoms with Gasteiger partial charge in [-0.1, -0.05) is 153 Å². The number of para-hydroxylation sites is 2. The predicted molar refractivity (Wildman–Crippen MR) is 216 cm³/mol. The van der Waals surface area contributed by atoms with Crippen molar-refractivity contribution in [2.24, 2.45) is 0 Å². The summed E-state index contributed by atoms with van der Waals surface area (Å²) in [5.41, 5.74) is 14.6. The fourth-order valence-corrected chi connectivity index (χ4v) is 8.64. The molecule has 0 fully saturated rings. The third-order valence-electron chi connectivity index (χ3n) is 10.9. The first-order valence-corrected chi connectivity index (χ1v) is 17.8. The van der Waals surface area contributed by atoms with Crippen molar-refractivity contribution < 1.29 is 0 Å². The number of hydrogen-bond acceptors (Lipinski definition) is 1. The molecule has 1 heterocycles. The third-order valence-corrected chi connectivity index (χ3v) is 10.9. The summed E-state index contributed by atoms with van der Waals surface area (Å²) < 4.78 is 2.44. The Balaban J connectivity index is 1.28. The number of aromatic nitrogens is 1. The van der Waals surface area contributed by atoms with Gasteiger partial charge in [0.25, 0.3) is 0 Å². The lowest BCUT2D eigenvalue weighted by Gasteiger charge is -2.33. The molecule has 0 saturated carbocycles. The molecule has 0 atom stereocenters. The lowest BCUT2D eigenvalue weighted by molar-refractivity contribution is 0.661. The fourth-order valence-electron chi connectivity index (χ4n) is 8.64. The monoisotopic (exact) mass is 652 g/mol. The number of anilines is 3. The Hall–Kier alpha value is -6.38. The van der Waals surface area contributed by atoms with Crippen LogP contribution in [0.3, 0.4) is 0 Å². The second-order valence-electron chi connectivity index (χ2n) is 14.2. The van der Waals surface area contributed by atoms with Gasteiger partial charge >= 0.3 is 0 Å². The van der Waals surface area contributed by atoms with Crippen LogP contribution in [0.25, 0.3) is 60.5 Å². The fraction of sp³-hybridized carbons (Fsp3) is 0.0612. The van der Waals surface area contributed by atoms with E-state index in [1.165, 1.54) is 71.6 Å². The predicted octanol–water partition coefficient (Wildman–Crippen LogP) is 13.4. The summed E-state index contributed by atoms with van der Waals surface area (Å²) in [7, 11) is 0. The second-order valence-corrected chi connectivity index (χ2v) is 14.2. The topological polar surface area (TPSA) is 8.17 Å². The van der Waals surface area contributed by atoms with Crippen LogP contribution < -0.4 is 4.90 Å². The van der Waals surface area contributed by atoms with E-state index in [2.05, 4.69) is 205 Å². The summed E-state index contributed by atoms with van der Waals surface area (Å²) in [6, 6.07) is 66.7. The van der Waals surface area contributed by atoms with E-state index >= 15 is 0 Å². The van der Waals surface area contributed by atoms with E-state index in [4.69, 9.17) is 0 Å². The normalized spacial score (nSPS) is 13.1. The van der Waals surface area contributed by atoms with Gasteiger partial charge in [0, 0.05) is 32.9 Å². The van der Waals surface area contributed by atoms with Gasteiger partial charge < -0.3 is 9.47 Å². The molecule has 9 aromatic rings. The Kier molecular flexibility index (Phi) is 6.56. The minimum Gasteiger partial charge on any atom is -0.309 e. The summed E-state index contributed by atoms with van der Waals surface area (Å²) >= 11 is 0. The van der Waals surface area contributed by atoms with Gasteiger partial charge in [0.2, 0.25) is 0 Å². The number of fused-ring (bicyclic) bond motifs is 7. The molecule has 242 valence electrons. The second kappa shape index (κ2) is 11.3. The van der Waals surface area contributed by atoms with Gasteiger partial charge in [-0.05, 0) is 81.2 Å². The zero-order valence-electron chi connectivity index (χ0n) is 28.7. The minimum absolute atomic E-state index is 0.189.